The molecule has 1 aromatic heterocycles. The Hall–Kier alpha value is -2.42. The van der Waals surface area contributed by atoms with Crippen LogP contribution in [0.2, 0.25) is 0 Å². The van der Waals surface area contributed by atoms with Gasteiger partial charge < -0.3 is 9.84 Å². The molecule has 0 fully saturated rings. The Kier molecular flexibility index (Phi) is 6.02. The summed E-state index contributed by atoms with van der Waals surface area (Å²) in [6, 6.07) is 1.99. The summed E-state index contributed by atoms with van der Waals surface area (Å²) >= 11 is 1.31. The van der Waals surface area contributed by atoms with Crippen LogP contribution in [0.5, 0.6) is 5.75 Å². The number of alkyl halides is 2. The minimum atomic E-state index is -2.90. The topological polar surface area (TPSA) is 59.4 Å². The molecule has 2 aromatic rings. The van der Waals surface area contributed by atoms with Gasteiger partial charge in [0, 0.05) is 25.5 Å². The number of hydrogen-bond donors (Lipinski definition) is 1. The lowest BCUT2D eigenvalue weighted by atomic mass is 9.89. The Bertz CT molecular complexity index is 874. The molecule has 0 aliphatic heterocycles. The number of aliphatic carboxylic acids is 1. The zero-order valence-electron chi connectivity index (χ0n) is 14.7. The summed E-state index contributed by atoms with van der Waals surface area (Å²) in [6.45, 7) is -0.370. The molecule has 28 heavy (non-hydrogen) atoms. The molecule has 150 valence electrons. The molecule has 0 saturated carbocycles. The van der Waals surface area contributed by atoms with Crippen LogP contribution in [0.1, 0.15) is 36.1 Å². The fraction of sp³-hybridized carbons (Fsp3) is 0.368. The van der Waals surface area contributed by atoms with Crippen LogP contribution in [-0.4, -0.2) is 28.6 Å². The normalized spacial score (nSPS) is 16.3. The van der Waals surface area contributed by atoms with Crippen molar-refractivity contribution in [2.75, 3.05) is 6.61 Å². The van der Waals surface area contributed by atoms with E-state index in [2.05, 4.69) is 4.98 Å². The van der Waals surface area contributed by atoms with Gasteiger partial charge in [-0.1, -0.05) is 0 Å². The van der Waals surface area contributed by atoms with E-state index in [0.717, 1.165) is 17.0 Å². The molecule has 1 heterocycles. The number of hydrogen-bond acceptors (Lipinski definition) is 4. The number of aryl methyl sites for hydroxylation is 1. The van der Waals surface area contributed by atoms with Crippen LogP contribution >= 0.6 is 11.3 Å². The largest absolute Gasteiger partial charge is 0.483 e. The number of thiazole rings is 1. The highest BCUT2D eigenvalue weighted by molar-refractivity contribution is 7.10. The quantitative estimate of drug-likeness (QED) is 0.640. The third-order valence-electron chi connectivity index (χ3n) is 4.45. The van der Waals surface area contributed by atoms with Gasteiger partial charge in [0.1, 0.15) is 6.61 Å². The molecular formula is C19H17F4NO3S. The van der Waals surface area contributed by atoms with Crippen LogP contribution in [-0.2, 0) is 11.2 Å². The van der Waals surface area contributed by atoms with Crippen molar-refractivity contribution in [3.63, 3.8) is 0 Å². The first-order chi connectivity index (χ1) is 13.2. The van der Waals surface area contributed by atoms with Gasteiger partial charge in [0.15, 0.2) is 17.4 Å². The molecule has 1 aliphatic carbocycles. The number of rotatable bonds is 7. The van der Waals surface area contributed by atoms with Gasteiger partial charge in [-0.25, -0.2) is 17.6 Å². The van der Waals surface area contributed by atoms with Crippen LogP contribution in [0.25, 0.3) is 5.57 Å². The lowest BCUT2D eigenvalue weighted by molar-refractivity contribution is -0.136. The molecule has 1 aliphatic rings. The number of allylic oxidation sites excluding steroid dienone is 1. The molecule has 1 aromatic carbocycles. The molecule has 3 rings (SSSR count). The fourth-order valence-corrected chi connectivity index (χ4v) is 3.84. The summed E-state index contributed by atoms with van der Waals surface area (Å²) in [5.41, 5.74) is 2.73. The first-order valence-corrected chi connectivity index (χ1v) is 9.43. The van der Waals surface area contributed by atoms with Crippen molar-refractivity contribution < 1.29 is 32.2 Å². The molecule has 0 amide bonds. The average molecular weight is 415 g/mol. The summed E-state index contributed by atoms with van der Waals surface area (Å²) in [4.78, 5) is 15.3. The van der Waals surface area contributed by atoms with Crippen molar-refractivity contribution in [3.8, 4) is 5.75 Å². The van der Waals surface area contributed by atoms with E-state index in [1.54, 1.807) is 11.7 Å². The molecule has 0 unspecified atom stereocenters. The number of ether oxygens (including phenoxy) is 1. The molecule has 9 heteroatoms. The Morgan fingerprint density at radius 1 is 1.29 bits per heavy atom. The number of benzene rings is 1. The molecule has 0 radical (unpaired) electrons. The van der Waals surface area contributed by atoms with Crippen molar-refractivity contribution in [1.82, 2.24) is 4.98 Å². The molecule has 0 atom stereocenters. The maximum Gasteiger partial charge on any atom is 0.303 e. The van der Waals surface area contributed by atoms with E-state index in [1.165, 1.54) is 11.3 Å². The zero-order chi connectivity index (χ0) is 20.3. The highest BCUT2D eigenvalue weighted by atomic mass is 32.1. The number of halogens is 4. The van der Waals surface area contributed by atoms with Gasteiger partial charge >= 0.3 is 5.97 Å². The fourth-order valence-electron chi connectivity index (χ4n) is 3.10. The first kappa shape index (κ1) is 20.3. The van der Waals surface area contributed by atoms with Crippen LogP contribution in [0.4, 0.5) is 17.6 Å². The minimum absolute atomic E-state index is 0.0314. The van der Waals surface area contributed by atoms with E-state index in [0.29, 0.717) is 5.57 Å². The zero-order valence-corrected chi connectivity index (χ0v) is 15.5. The Labute approximate surface area is 162 Å². The van der Waals surface area contributed by atoms with Crippen molar-refractivity contribution in [2.24, 2.45) is 0 Å². The summed E-state index contributed by atoms with van der Waals surface area (Å²) in [5, 5.41) is 8.66. The molecule has 0 bridgehead atoms. The smallest absolute Gasteiger partial charge is 0.303 e. The van der Waals surface area contributed by atoms with Gasteiger partial charge in [-0.2, -0.15) is 0 Å². The molecule has 0 saturated heterocycles. The second kappa shape index (κ2) is 8.30. The highest BCUT2D eigenvalue weighted by Gasteiger charge is 2.36. The minimum Gasteiger partial charge on any atom is -0.483 e. The van der Waals surface area contributed by atoms with E-state index >= 15 is 0 Å². The molecule has 0 spiro atoms. The number of aromatic nitrogens is 1. The summed E-state index contributed by atoms with van der Waals surface area (Å²) in [5.74, 6) is -6.64. The Morgan fingerprint density at radius 3 is 2.61 bits per heavy atom. The summed E-state index contributed by atoms with van der Waals surface area (Å²) < 4.78 is 61.4. The summed E-state index contributed by atoms with van der Waals surface area (Å²) in [7, 11) is 0. The van der Waals surface area contributed by atoms with Crippen LogP contribution in [0.3, 0.4) is 0 Å². The van der Waals surface area contributed by atoms with Crippen LogP contribution < -0.4 is 4.74 Å². The van der Waals surface area contributed by atoms with Gasteiger partial charge in [-0.05, 0) is 41.7 Å². The van der Waals surface area contributed by atoms with Crippen LogP contribution in [0.15, 0.2) is 29.4 Å². The highest BCUT2D eigenvalue weighted by Crippen LogP contribution is 2.42. The molecule has 1 N–H and O–H groups in total. The lowest BCUT2D eigenvalue weighted by Gasteiger charge is -2.27. The van der Waals surface area contributed by atoms with E-state index in [9.17, 15) is 22.4 Å². The van der Waals surface area contributed by atoms with Crippen LogP contribution in [0, 0.1) is 11.6 Å². The third-order valence-corrected chi connectivity index (χ3v) is 5.28. The van der Waals surface area contributed by atoms with Gasteiger partial charge in [-0.15, -0.1) is 11.3 Å². The van der Waals surface area contributed by atoms with Crippen molar-refractivity contribution in [2.45, 2.75) is 38.0 Å². The molecular weight excluding hydrogens is 398 g/mol. The Morgan fingerprint density at radius 2 is 2.00 bits per heavy atom. The van der Waals surface area contributed by atoms with Crippen molar-refractivity contribution >= 4 is 22.9 Å². The maximum absolute atomic E-state index is 14.2. The van der Waals surface area contributed by atoms with Crippen molar-refractivity contribution in [1.29, 1.82) is 0 Å². The van der Waals surface area contributed by atoms with Gasteiger partial charge in [0.05, 0.1) is 10.4 Å². The number of carbonyl (C=O) groups is 1. The van der Waals surface area contributed by atoms with E-state index in [1.807, 2.05) is 0 Å². The molecule has 4 nitrogen and oxygen atoms in total. The first-order valence-electron chi connectivity index (χ1n) is 8.55. The van der Waals surface area contributed by atoms with Gasteiger partial charge in [-0.3, -0.25) is 9.78 Å². The summed E-state index contributed by atoms with van der Waals surface area (Å²) in [6.07, 6.45) is 0.565. The second-order valence-corrected chi connectivity index (χ2v) is 7.44. The Balaban J connectivity index is 1.80. The number of carboxylic acid groups (broad SMARTS) is 1. The van der Waals surface area contributed by atoms with Gasteiger partial charge in [0.2, 0.25) is 0 Å². The second-order valence-electron chi connectivity index (χ2n) is 6.55. The van der Waals surface area contributed by atoms with E-state index in [-0.39, 0.29) is 43.4 Å². The number of nitrogens with zero attached hydrogens (tertiary/aromatic N) is 1. The standard InChI is InChI=1S/C19H17F4NO3S/c20-14-5-11(1-2-17(25)26)6-15(21)18(14)27-9-12-7-19(22,23)4-3-13(12)16-8-24-10-28-16/h5-6,8,10H,1-4,7,9H2,(H,25,26). The van der Waals surface area contributed by atoms with Crippen molar-refractivity contribution in [3.05, 3.63) is 51.5 Å². The lowest BCUT2D eigenvalue weighted by Crippen LogP contribution is -2.24. The average Bonchev–Trinajstić information content (AvgIpc) is 3.13. The number of carboxylic acids is 1. The predicted octanol–water partition coefficient (Wildman–Crippen LogP) is 5.09. The van der Waals surface area contributed by atoms with E-state index < -0.39 is 35.7 Å². The predicted molar refractivity (Wildman–Crippen MR) is 95.6 cm³/mol. The van der Waals surface area contributed by atoms with Gasteiger partial charge in [0.25, 0.3) is 5.92 Å². The monoisotopic (exact) mass is 415 g/mol. The third kappa shape index (κ3) is 4.89. The maximum atomic E-state index is 14.2. The SMILES string of the molecule is O=C(O)CCc1cc(F)c(OCC2=C(c3cncs3)CCC(F)(F)C2)c(F)c1. The van der Waals surface area contributed by atoms with E-state index in [4.69, 9.17) is 9.84 Å².